The van der Waals surface area contributed by atoms with Crippen molar-refractivity contribution in [3.8, 4) is 28.1 Å². The van der Waals surface area contributed by atoms with Gasteiger partial charge >= 0.3 is 0 Å². The van der Waals surface area contributed by atoms with Crippen LogP contribution >= 0.6 is 23.2 Å². The van der Waals surface area contributed by atoms with Crippen LogP contribution in [0.3, 0.4) is 0 Å². The van der Waals surface area contributed by atoms with Crippen LogP contribution in [-0.4, -0.2) is 59.0 Å². The molecule has 48 heavy (non-hydrogen) atoms. The second-order valence-corrected chi connectivity index (χ2v) is 12.4. The molecule has 0 radical (unpaired) electrons. The molecule has 2 amide bonds. The number of pyridine rings is 1. The molecule has 250 valence electrons. The van der Waals surface area contributed by atoms with Crippen LogP contribution < -0.4 is 31.3 Å². The van der Waals surface area contributed by atoms with Gasteiger partial charge in [0.15, 0.2) is 11.6 Å². The first-order valence-electron chi connectivity index (χ1n) is 15.7. The number of anilines is 2. The Morgan fingerprint density at radius 1 is 0.896 bits per heavy atom. The molecule has 2 aliphatic rings. The highest BCUT2D eigenvalue weighted by Gasteiger charge is 2.22. The minimum absolute atomic E-state index is 0.0181. The van der Waals surface area contributed by atoms with Crippen molar-refractivity contribution in [3.63, 3.8) is 0 Å². The fourth-order valence-corrected chi connectivity index (χ4v) is 6.48. The average molecular weight is 694 g/mol. The van der Waals surface area contributed by atoms with Gasteiger partial charge in [0, 0.05) is 79.6 Å². The molecule has 11 nitrogen and oxygen atoms in total. The molecule has 2 atom stereocenters. The maximum atomic E-state index is 15.4. The number of carbonyl (C=O) groups is 2. The summed E-state index contributed by atoms with van der Waals surface area (Å²) in [6.07, 6.45) is 5.57. The van der Waals surface area contributed by atoms with E-state index in [-0.39, 0.29) is 42.0 Å². The van der Waals surface area contributed by atoms with Gasteiger partial charge in [-0.15, -0.1) is 0 Å². The van der Waals surface area contributed by atoms with E-state index in [0.29, 0.717) is 70.8 Å². The first kappa shape index (κ1) is 33.5. The molecule has 0 spiro atoms. The quantitative estimate of drug-likeness (QED) is 0.129. The third-order valence-corrected chi connectivity index (χ3v) is 9.20. The molecule has 4 heterocycles. The minimum Gasteiger partial charge on any atom is -0.496 e. The van der Waals surface area contributed by atoms with Gasteiger partial charge in [0.25, 0.3) is 0 Å². The van der Waals surface area contributed by atoms with Gasteiger partial charge in [0.2, 0.25) is 11.8 Å². The fraction of sp³-hybridized carbons (Fsp3) is 0.324. The number of hydrogen-bond acceptors (Lipinski definition) is 9. The van der Waals surface area contributed by atoms with Gasteiger partial charge in [-0.2, -0.15) is 0 Å². The Morgan fingerprint density at radius 2 is 1.60 bits per heavy atom. The molecular weight excluding hydrogens is 658 g/mol. The van der Waals surface area contributed by atoms with Crippen molar-refractivity contribution in [1.82, 2.24) is 36.2 Å². The molecule has 5 N–H and O–H groups in total. The molecule has 2 aromatic carbocycles. The minimum atomic E-state index is -0.607. The van der Waals surface area contributed by atoms with Gasteiger partial charge in [-0.25, -0.2) is 14.4 Å². The number of amides is 2. The standard InChI is InChI=1S/C34H35Cl2FN8O3/c1-48-27-13-19(5-6-20(27)14-38-15-21-7-9-28(46)43-21)33-31(36)24(11-12-40-33)23-3-2-4-25(30(23)35)45-34-32(37)26(41-18-42-34)17-39-16-22-8-10-29(47)44-22/h2-6,11-13,18,21-22,38-39H,7-10,14-17H2,1H3,(H,43,46)(H,44,47)(H,41,42,45)/t21-,22+/m0/s1. The van der Waals surface area contributed by atoms with Crippen LogP contribution in [0.15, 0.2) is 55.0 Å². The number of hydrogen-bond donors (Lipinski definition) is 5. The Hall–Kier alpha value is -4.36. The van der Waals surface area contributed by atoms with Crippen molar-refractivity contribution in [2.75, 3.05) is 25.5 Å². The van der Waals surface area contributed by atoms with Gasteiger partial charge in [-0.1, -0.05) is 47.5 Å². The van der Waals surface area contributed by atoms with Crippen LogP contribution in [-0.2, 0) is 22.7 Å². The summed E-state index contributed by atoms with van der Waals surface area (Å²) in [5, 5.41) is 16.1. The van der Waals surface area contributed by atoms with Crippen molar-refractivity contribution in [3.05, 3.63) is 82.1 Å². The molecule has 2 fully saturated rings. The molecule has 0 aliphatic carbocycles. The van der Waals surface area contributed by atoms with Crippen LogP contribution in [0.25, 0.3) is 22.4 Å². The maximum absolute atomic E-state index is 15.4. The molecule has 0 saturated carbocycles. The number of rotatable bonds is 13. The number of aromatic nitrogens is 3. The van der Waals surface area contributed by atoms with Gasteiger partial charge in [0.1, 0.15) is 12.1 Å². The molecule has 14 heteroatoms. The van der Waals surface area contributed by atoms with E-state index < -0.39 is 5.82 Å². The monoisotopic (exact) mass is 692 g/mol. The third-order valence-electron chi connectivity index (χ3n) is 8.41. The number of methoxy groups -OCH3 is 1. The van der Waals surface area contributed by atoms with Crippen molar-refractivity contribution in [2.45, 2.75) is 50.9 Å². The number of benzene rings is 2. The highest BCUT2D eigenvalue weighted by Crippen LogP contribution is 2.41. The van der Waals surface area contributed by atoms with Crippen LogP contribution in [0.2, 0.25) is 10.0 Å². The SMILES string of the molecule is COc1cc(-c2nccc(-c3cccc(Nc4ncnc(CNC[C@H]5CCC(=O)N5)c4F)c3Cl)c2Cl)ccc1CNC[C@@H]1CCC(=O)N1. The summed E-state index contributed by atoms with van der Waals surface area (Å²) in [7, 11) is 1.61. The zero-order valence-electron chi connectivity index (χ0n) is 26.2. The lowest BCUT2D eigenvalue weighted by Gasteiger charge is -2.16. The lowest BCUT2D eigenvalue weighted by atomic mass is 10.0. The van der Waals surface area contributed by atoms with E-state index >= 15 is 4.39 Å². The number of ether oxygens (including phenoxy) is 1. The van der Waals surface area contributed by atoms with E-state index in [2.05, 4.69) is 41.5 Å². The Kier molecular flexibility index (Phi) is 10.7. The molecule has 2 aromatic heterocycles. The Labute approximate surface area is 287 Å². The summed E-state index contributed by atoms with van der Waals surface area (Å²) < 4.78 is 21.1. The Bertz CT molecular complexity index is 1830. The molecule has 0 bridgehead atoms. The van der Waals surface area contributed by atoms with Crippen molar-refractivity contribution >= 4 is 46.5 Å². The second-order valence-electron chi connectivity index (χ2n) is 11.7. The van der Waals surface area contributed by atoms with Crippen molar-refractivity contribution < 1.29 is 18.7 Å². The van der Waals surface area contributed by atoms with E-state index in [9.17, 15) is 9.59 Å². The van der Waals surface area contributed by atoms with Crippen LogP contribution in [0.5, 0.6) is 5.75 Å². The smallest absolute Gasteiger partial charge is 0.220 e. The summed E-state index contributed by atoms with van der Waals surface area (Å²) in [5.41, 5.74) is 4.15. The third kappa shape index (κ3) is 7.68. The van der Waals surface area contributed by atoms with E-state index in [1.165, 1.54) is 6.33 Å². The van der Waals surface area contributed by atoms with Gasteiger partial charge in [-0.05, 0) is 31.0 Å². The van der Waals surface area contributed by atoms with Gasteiger partial charge in [-0.3, -0.25) is 14.6 Å². The number of nitrogens with zero attached hydrogens (tertiary/aromatic N) is 3. The summed E-state index contributed by atoms with van der Waals surface area (Å²) in [6, 6.07) is 13.1. The molecular formula is C34H35Cl2FN8O3. The van der Waals surface area contributed by atoms with E-state index in [4.69, 9.17) is 27.9 Å². The molecule has 2 aliphatic heterocycles. The largest absolute Gasteiger partial charge is 0.496 e. The number of nitrogens with one attached hydrogen (secondary N) is 5. The van der Waals surface area contributed by atoms with Crippen LogP contribution in [0.1, 0.15) is 36.9 Å². The first-order valence-corrected chi connectivity index (χ1v) is 16.4. The normalized spacial score (nSPS) is 17.3. The lowest BCUT2D eigenvalue weighted by Crippen LogP contribution is -2.35. The number of carbonyl (C=O) groups excluding carboxylic acids is 2. The lowest BCUT2D eigenvalue weighted by molar-refractivity contribution is -0.120. The van der Waals surface area contributed by atoms with Crippen LogP contribution in [0, 0.1) is 5.82 Å². The predicted octanol–water partition coefficient (Wildman–Crippen LogP) is 5.14. The Balaban J connectivity index is 1.17. The molecule has 2 saturated heterocycles. The number of halogens is 3. The summed E-state index contributed by atoms with van der Waals surface area (Å²) in [6.45, 7) is 1.92. The average Bonchev–Trinajstić information content (AvgIpc) is 3.70. The van der Waals surface area contributed by atoms with E-state index in [1.54, 1.807) is 31.5 Å². The zero-order valence-corrected chi connectivity index (χ0v) is 27.7. The van der Waals surface area contributed by atoms with E-state index in [1.807, 2.05) is 24.3 Å². The molecule has 0 unspecified atom stereocenters. The van der Waals surface area contributed by atoms with Crippen molar-refractivity contribution in [1.29, 1.82) is 0 Å². The Morgan fingerprint density at radius 3 is 2.29 bits per heavy atom. The molecule has 6 rings (SSSR count). The second kappa shape index (κ2) is 15.2. The zero-order chi connectivity index (χ0) is 33.6. The highest BCUT2D eigenvalue weighted by molar-refractivity contribution is 6.39. The van der Waals surface area contributed by atoms with Gasteiger partial charge in [0.05, 0.1) is 34.2 Å². The van der Waals surface area contributed by atoms with E-state index in [0.717, 1.165) is 24.0 Å². The topological polar surface area (TPSA) is 142 Å². The highest BCUT2D eigenvalue weighted by atomic mass is 35.5. The maximum Gasteiger partial charge on any atom is 0.220 e. The first-order chi connectivity index (χ1) is 23.3. The molecule has 4 aromatic rings. The summed E-state index contributed by atoms with van der Waals surface area (Å²) >= 11 is 13.9. The summed E-state index contributed by atoms with van der Waals surface area (Å²) in [5.74, 6) is 0.160. The summed E-state index contributed by atoms with van der Waals surface area (Å²) in [4.78, 5) is 35.7. The van der Waals surface area contributed by atoms with Crippen molar-refractivity contribution in [2.24, 2.45) is 0 Å². The fourth-order valence-electron chi connectivity index (χ4n) is 5.88. The van der Waals surface area contributed by atoms with Crippen LogP contribution in [0.4, 0.5) is 15.9 Å². The van der Waals surface area contributed by atoms with Gasteiger partial charge < -0.3 is 31.3 Å². The predicted molar refractivity (Wildman–Crippen MR) is 183 cm³/mol.